The van der Waals surface area contributed by atoms with E-state index in [0.29, 0.717) is 19.4 Å². The molecule has 1 N–H and O–H groups in total. The molecule has 4 rings (SSSR count). The maximum Gasteiger partial charge on any atom is 0.231 e. The molecule has 1 aliphatic heterocycles. The van der Waals surface area contributed by atoms with Gasteiger partial charge in [0.05, 0.1) is 5.69 Å². The topological polar surface area (TPSA) is 78.3 Å². The first-order valence-electron chi connectivity index (χ1n) is 9.22. The van der Waals surface area contributed by atoms with Crippen LogP contribution in [-0.2, 0) is 17.8 Å². The third kappa shape index (κ3) is 3.98. The van der Waals surface area contributed by atoms with Crippen LogP contribution in [-0.4, -0.2) is 27.5 Å². The molecule has 3 aromatic rings. The zero-order chi connectivity index (χ0) is 19.5. The van der Waals surface area contributed by atoms with Crippen LogP contribution in [0.3, 0.4) is 0 Å². The number of ether oxygens (including phenoxy) is 2. The molecule has 0 saturated heterocycles. The van der Waals surface area contributed by atoms with Crippen molar-refractivity contribution in [3.05, 3.63) is 65.1 Å². The molecule has 0 unspecified atom stereocenters. The van der Waals surface area contributed by atoms with E-state index in [1.807, 2.05) is 54.9 Å². The van der Waals surface area contributed by atoms with Gasteiger partial charge in [0.25, 0.3) is 0 Å². The Hall–Kier alpha value is -3.35. The highest BCUT2D eigenvalue weighted by Gasteiger charge is 2.13. The van der Waals surface area contributed by atoms with E-state index in [1.54, 1.807) is 6.20 Å². The number of rotatable bonds is 6. The lowest BCUT2D eigenvalue weighted by Crippen LogP contribution is -2.23. The fraction of sp³-hybridized carbons (Fsp3) is 0.286. The average Bonchev–Trinajstić information content (AvgIpc) is 3.30. The molecule has 7 nitrogen and oxygen atoms in total. The lowest BCUT2D eigenvalue weighted by atomic mass is 10.1. The Morgan fingerprint density at radius 2 is 1.93 bits per heavy atom. The monoisotopic (exact) mass is 378 g/mol. The van der Waals surface area contributed by atoms with Crippen LogP contribution < -0.4 is 14.8 Å². The number of amides is 1. The minimum Gasteiger partial charge on any atom is -0.454 e. The van der Waals surface area contributed by atoms with Crippen LogP contribution in [0.1, 0.15) is 28.9 Å². The Kier molecular flexibility index (Phi) is 4.97. The summed E-state index contributed by atoms with van der Waals surface area (Å²) < 4.78 is 12.5. The van der Waals surface area contributed by atoms with Gasteiger partial charge in [-0.3, -0.25) is 4.79 Å². The molecule has 28 heavy (non-hydrogen) atoms. The number of benzene rings is 1. The molecule has 1 aliphatic rings. The van der Waals surface area contributed by atoms with E-state index < -0.39 is 0 Å². The van der Waals surface area contributed by atoms with Crippen molar-refractivity contribution in [1.82, 2.24) is 20.1 Å². The van der Waals surface area contributed by atoms with Crippen LogP contribution in [0.2, 0.25) is 0 Å². The minimum absolute atomic E-state index is 0.000267. The van der Waals surface area contributed by atoms with Crippen LogP contribution >= 0.6 is 0 Å². The number of aryl methyl sites for hydroxylation is 3. The van der Waals surface area contributed by atoms with Crippen molar-refractivity contribution in [3.8, 4) is 17.3 Å². The molecule has 1 amide bonds. The Morgan fingerprint density at radius 3 is 2.68 bits per heavy atom. The highest BCUT2D eigenvalue weighted by atomic mass is 16.7. The lowest BCUT2D eigenvalue weighted by Gasteiger charge is -2.07. The van der Waals surface area contributed by atoms with E-state index in [9.17, 15) is 4.79 Å². The first-order valence-corrected chi connectivity index (χ1v) is 9.22. The van der Waals surface area contributed by atoms with Crippen molar-refractivity contribution >= 4 is 5.91 Å². The average molecular weight is 378 g/mol. The number of aromatic nitrogens is 3. The molecule has 0 fully saturated rings. The van der Waals surface area contributed by atoms with Crippen molar-refractivity contribution in [2.75, 3.05) is 6.79 Å². The second-order valence-corrected chi connectivity index (χ2v) is 6.83. The zero-order valence-electron chi connectivity index (χ0n) is 15.9. The Balaban J connectivity index is 1.28. The van der Waals surface area contributed by atoms with Crippen LogP contribution in [0.25, 0.3) is 5.82 Å². The van der Waals surface area contributed by atoms with Crippen LogP contribution in [0, 0.1) is 13.8 Å². The Morgan fingerprint density at radius 1 is 1.11 bits per heavy atom. The second kappa shape index (κ2) is 7.72. The van der Waals surface area contributed by atoms with Gasteiger partial charge in [0, 0.05) is 24.9 Å². The summed E-state index contributed by atoms with van der Waals surface area (Å²) in [5.41, 5.74) is 3.99. The number of nitrogens with one attached hydrogen (secondary N) is 1. The maximum absolute atomic E-state index is 12.2. The summed E-state index contributed by atoms with van der Waals surface area (Å²) in [5.74, 6) is 2.26. The maximum atomic E-state index is 12.2. The summed E-state index contributed by atoms with van der Waals surface area (Å²) >= 11 is 0. The van der Waals surface area contributed by atoms with E-state index in [4.69, 9.17) is 9.47 Å². The molecule has 1 aromatic carbocycles. The fourth-order valence-electron chi connectivity index (χ4n) is 3.15. The van der Waals surface area contributed by atoms with E-state index in [2.05, 4.69) is 15.4 Å². The van der Waals surface area contributed by atoms with Gasteiger partial charge in [0.15, 0.2) is 17.3 Å². The first-order chi connectivity index (χ1) is 13.6. The summed E-state index contributed by atoms with van der Waals surface area (Å²) in [6.07, 6.45) is 2.83. The van der Waals surface area contributed by atoms with E-state index in [-0.39, 0.29) is 12.7 Å². The van der Waals surface area contributed by atoms with Crippen molar-refractivity contribution < 1.29 is 14.3 Å². The summed E-state index contributed by atoms with van der Waals surface area (Å²) in [5, 5.41) is 7.37. The van der Waals surface area contributed by atoms with Crippen LogP contribution in [0.5, 0.6) is 11.5 Å². The van der Waals surface area contributed by atoms with Gasteiger partial charge >= 0.3 is 0 Å². The fourth-order valence-corrected chi connectivity index (χ4v) is 3.15. The summed E-state index contributed by atoms with van der Waals surface area (Å²) in [4.78, 5) is 16.6. The van der Waals surface area contributed by atoms with Gasteiger partial charge in [-0.25, -0.2) is 9.67 Å². The predicted molar refractivity (Wildman–Crippen MR) is 104 cm³/mol. The SMILES string of the molecule is Cc1cc(C)n(-c2ccc(CNC(=O)CCc3ccc4c(c3)OCO4)cn2)n1. The number of nitrogens with zero attached hydrogens (tertiary/aromatic N) is 3. The molecule has 0 saturated carbocycles. The number of carbonyl (C=O) groups is 1. The molecule has 0 radical (unpaired) electrons. The molecule has 144 valence electrons. The van der Waals surface area contributed by atoms with E-state index in [0.717, 1.165) is 39.8 Å². The van der Waals surface area contributed by atoms with Gasteiger partial charge in [-0.05, 0) is 55.7 Å². The lowest BCUT2D eigenvalue weighted by molar-refractivity contribution is -0.121. The minimum atomic E-state index is 0.000267. The van der Waals surface area contributed by atoms with Crippen molar-refractivity contribution in [2.45, 2.75) is 33.2 Å². The van der Waals surface area contributed by atoms with Gasteiger partial charge in [-0.2, -0.15) is 5.10 Å². The Labute approximate surface area is 163 Å². The van der Waals surface area contributed by atoms with Gasteiger partial charge < -0.3 is 14.8 Å². The third-order valence-electron chi connectivity index (χ3n) is 4.60. The van der Waals surface area contributed by atoms with Gasteiger partial charge in [-0.1, -0.05) is 12.1 Å². The summed E-state index contributed by atoms with van der Waals surface area (Å²) in [6, 6.07) is 11.6. The van der Waals surface area contributed by atoms with Crippen LogP contribution in [0.15, 0.2) is 42.6 Å². The van der Waals surface area contributed by atoms with Gasteiger partial charge in [0.1, 0.15) is 0 Å². The molecule has 0 spiro atoms. The highest BCUT2D eigenvalue weighted by Crippen LogP contribution is 2.32. The largest absolute Gasteiger partial charge is 0.454 e. The van der Waals surface area contributed by atoms with Crippen molar-refractivity contribution in [2.24, 2.45) is 0 Å². The number of carbonyl (C=O) groups excluding carboxylic acids is 1. The number of hydrogen-bond donors (Lipinski definition) is 1. The molecular formula is C21H22N4O3. The first kappa shape index (κ1) is 18.0. The third-order valence-corrected chi connectivity index (χ3v) is 4.60. The molecule has 0 atom stereocenters. The van der Waals surface area contributed by atoms with Crippen molar-refractivity contribution in [3.63, 3.8) is 0 Å². The zero-order valence-corrected chi connectivity index (χ0v) is 15.9. The Bertz CT molecular complexity index is 995. The van der Waals surface area contributed by atoms with E-state index >= 15 is 0 Å². The predicted octanol–water partition coefficient (Wildman–Crippen LogP) is 2.86. The number of hydrogen-bond acceptors (Lipinski definition) is 5. The van der Waals surface area contributed by atoms with E-state index in [1.165, 1.54) is 0 Å². The molecule has 7 heteroatoms. The van der Waals surface area contributed by atoms with Gasteiger partial charge in [-0.15, -0.1) is 0 Å². The molecule has 2 aromatic heterocycles. The van der Waals surface area contributed by atoms with Gasteiger partial charge in [0.2, 0.25) is 12.7 Å². The summed E-state index contributed by atoms with van der Waals surface area (Å²) in [6.45, 7) is 4.66. The number of fused-ring (bicyclic) bond motifs is 1. The normalized spacial score (nSPS) is 12.2. The molecule has 0 aliphatic carbocycles. The van der Waals surface area contributed by atoms with Crippen LogP contribution in [0.4, 0.5) is 0 Å². The quantitative estimate of drug-likeness (QED) is 0.714. The summed E-state index contributed by atoms with van der Waals surface area (Å²) in [7, 11) is 0. The number of pyridine rings is 1. The molecular weight excluding hydrogens is 356 g/mol. The second-order valence-electron chi connectivity index (χ2n) is 6.83. The molecule has 0 bridgehead atoms. The smallest absolute Gasteiger partial charge is 0.231 e. The molecule has 3 heterocycles. The highest BCUT2D eigenvalue weighted by molar-refractivity contribution is 5.76. The standard InChI is InChI=1S/C21H22N4O3/c1-14-9-15(2)25(24-14)20-7-4-17(11-22-20)12-23-21(26)8-5-16-3-6-18-19(10-16)28-13-27-18/h3-4,6-7,9-11H,5,8,12-13H2,1-2H3,(H,23,26). The van der Waals surface area contributed by atoms with Crippen molar-refractivity contribution in [1.29, 1.82) is 0 Å².